The van der Waals surface area contributed by atoms with Gasteiger partial charge in [-0.05, 0) is 6.08 Å². The van der Waals surface area contributed by atoms with Crippen molar-refractivity contribution in [3.05, 3.63) is 12.2 Å². The minimum Gasteiger partial charge on any atom is -0.545 e. The summed E-state index contributed by atoms with van der Waals surface area (Å²) < 4.78 is 143. The van der Waals surface area contributed by atoms with Crippen molar-refractivity contribution in [2.24, 2.45) is 0 Å². The maximum atomic E-state index is 13.2. The molecule has 0 saturated carbocycles. The molecule has 0 aromatic carbocycles. The fourth-order valence-corrected chi connectivity index (χ4v) is 1.42. The number of carbonyl (C=O) groups excluding carboxylic acids is 2. The fourth-order valence-electron chi connectivity index (χ4n) is 1.42. The van der Waals surface area contributed by atoms with Crippen molar-refractivity contribution in [3.8, 4) is 0 Å². The second-order valence-corrected chi connectivity index (χ2v) is 4.95. The van der Waals surface area contributed by atoms with Crippen molar-refractivity contribution in [1.29, 1.82) is 0 Å². The molecular weight excluding hydrogens is 417 g/mol. The van der Waals surface area contributed by atoms with Crippen molar-refractivity contribution >= 4 is 11.9 Å². The highest BCUT2D eigenvalue weighted by Crippen LogP contribution is 2.55. The second kappa shape index (κ2) is 7.88. The third kappa shape index (κ3) is 6.23. The van der Waals surface area contributed by atoms with Crippen LogP contribution in [0.15, 0.2) is 12.2 Å². The number of hydrogen-bond donors (Lipinski definition) is 0. The van der Waals surface area contributed by atoms with Gasteiger partial charge in [0.25, 0.3) is 5.92 Å². The summed E-state index contributed by atoms with van der Waals surface area (Å²) in [6.07, 6.45) is -12.3. The Morgan fingerprint density at radius 2 is 1.30 bits per heavy atom. The summed E-state index contributed by atoms with van der Waals surface area (Å²) >= 11 is 0. The first-order valence-electron chi connectivity index (χ1n) is 6.41. The topological polar surface area (TPSA) is 66.4 Å². The molecule has 158 valence electrons. The zero-order valence-electron chi connectivity index (χ0n) is 12.6. The van der Waals surface area contributed by atoms with Crippen LogP contribution in [0.3, 0.4) is 0 Å². The van der Waals surface area contributed by atoms with E-state index in [9.17, 15) is 63.0 Å². The molecule has 0 aliphatic carbocycles. The van der Waals surface area contributed by atoms with Gasteiger partial charge in [-0.2, -0.15) is 39.5 Å². The highest BCUT2D eigenvalue weighted by atomic mass is 19.4. The van der Waals surface area contributed by atoms with Crippen LogP contribution in [-0.4, -0.2) is 48.4 Å². The van der Waals surface area contributed by atoms with E-state index >= 15 is 0 Å². The summed E-state index contributed by atoms with van der Waals surface area (Å²) in [5.74, 6) is -29.4. The van der Waals surface area contributed by atoms with E-state index in [4.69, 9.17) is 0 Å². The van der Waals surface area contributed by atoms with E-state index in [2.05, 4.69) is 4.74 Å². The smallest absolute Gasteiger partial charge is 0.460 e. The van der Waals surface area contributed by atoms with Crippen LogP contribution in [0, 0.1) is 0 Å². The molecule has 0 radical (unpaired) electrons. The van der Waals surface area contributed by atoms with Gasteiger partial charge in [-0.3, -0.25) is 0 Å². The molecule has 0 unspecified atom stereocenters. The van der Waals surface area contributed by atoms with Gasteiger partial charge < -0.3 is 14.6 Å². The van der Waals surface area contributed by atoms with Crippen molar-refractivity contribution in [3.63, 3.8) is 0 Å². The van der Waals surface area contributed by atoms with E-state index < -0.39 is 61.3 Å². The van der Waals surface area contributed by atoms with Crippen LogP contribution in [0.2, 0.25) is 0 Å². The van der Waals surface area contributed by atoms with Gasteiger partial charge in [0.1, 0.15) is 0 Å². The largest absolute Gasteiger partial charge is 0.545 e. The first-order valence-corrected chi connectivity index (χ1v) is 6.41. The van der Waals surface area contributed by atoms with Crippen LogP contribution < -0.4 is 5.11 Å². The van der Waals surface area contributed by atoms with Gasteiger partial charge in [0.15, 0.2) is 0 Å². The summed E-state index contributed by atoms with van der Waals surface area (Å²) in [5, 5.41) is 9.92. The van der Waals surface area contributed by atoms with Gasteiger partial charge in [0.2, 0.25) is 0 Å². The van der Waals surface area contributed by atoms with Crippen LogP contribution in [0.4, 0.5) is 48.3 Å². The van der Waals surface area contributed by atoms with Gasteiger partial charge in [0.05, 0.1) is 19.0 Å². The Hall–Kier alpha value is -2.09. The van der Waals surface area contributed by atoms with Crippen molar-refractivity contribution in [2.45, 2.75) is 42.7 Å². The number of rotatable bonds is 9. The lowest BCUT2D eigenvalue weighted by molar-refractivity contribution is -0.401. The number of carbonyl (C=O) groups is 2. The lowest BCUT2D eigenvalue weighted by Crippen LogP contribution is -2.61. The van der Waals surface area contributed by atoms with E-state index in [-0.39, 0.29) is 12.2 Å². The second-order valence-electron chi connectivity index (χ2n) is 4.95. The standard InChI is InChI=1S/C12H9F11O4/c13-8(14,3-4-27-7(26)2-1-6(24)25)5-9(15,16)10(17,18)11(19,20)12(21,22)23/h1-2H,3-5H2,(H,24,25)/p-1/b2-1-. The molecule has 0 rings (SSSR count). The summed E-state index contributed by atoms with van der Waals surface area (Å²) in [7, 11) is 0. The summed E-state index contributed by atoms with van der Waals surface area (Å²) in [5.41, 5.74) is 0. The van der Waals surface area contributed by atoms with E-state index in [1.165, 1.54) is 0 Å². The predicted octanol–water partition coefficient (Wildman–Crippen LogP) is 2.72. The molecule has 0 aliphatic rings. The third-order valence-electron chi connectivity index (χ3n) is 2.76. The molecule has 0 fully saturated rings. The van der Waals surface area contributed by atoms with E-state index in [0.29, 0.717) is 0 Å². The van der Waals surface area contributed by atoms with E-state index in [1.54, 1.807) is 0 Å². The Bertz CT molecular complexity index is 580. The first-order chi connectivity index (χ1) is 11.8. The average molecular weight is 425 g/mol. The summed E-state index contributed by atoms with van der Waals surface area (Å²) in [4.78, 5) is 20.7. The molecular formula is C12H8F11O4-. The Kier molecular flexibility index (Phi) is 7.27. The van der Waals surface area contributed by atoms with E-state index in [0.717, 1.165) is 0 Å². The third-order valence-corrected chi connectivity index (χ3v) is 2.76. The molecule has 15 heteroatoms. The van der Waals surface area contributed by atoms with Crippen molar-refractivity contribution < 1.29 is 67.7 Å². The Morgan fingerprint density at radius 1 is 0.815 bits per heavy atom. The summed E-state index contributed by atoms with van der Waals surface area (Å²) in [6.45, 7) is -1.47. The molecule has 0 amide bonds. The predicted molar refractivity (Wildman–Crippen MR) is 60.2 cm³/mol. The number of alkyl halides is 11. The lowest BCUT2D eigenvalue weighted by atomic mass is 9.97. The molecule has 0 bridgehead atoms. The molecule has 0 aliphatic heterocycles. The monoisotopic (exact) mass is 425 g/mol. The average Bonchev–Trinajstić information content (AvgIpc) is 2.42. The normalized spacial score (nSPS) is 14.5. The number of halogens is 11. The summed E-state index contributed by atoms with van der Waals surface area (Å²) in [6, 6.07) is 0. The number of aliphatic carboxylic acids is 1. The highest BCUT2D eigenvalue weighted by Gasteiger charge is 2.82. The van der Waals surface area contributed by atoms with Crippen molar-refractivity contribution in [1.82, 2.24) is 0 Å². The number of ether oxygens (including phenoxy) is 1. The van der Waals surface area contributed by atoms with Gasteiger partial charge in [-0.15, -0.1) is 0 Å². The van der Waals surface area contributed by atoms with Crippen LogP contribution in [0.1, 0.15) is 12.8 Å². The number of hydrogen-bond acceptors (Lipinski definition) is 4. The lowest BCUT2D eigenvalue weighted by Gasteiger charge is -2.35. The molecule has 0 heterocycles. The molecule has 27 heavy (non-hydrogen) atoms. The molecule has 0 spiro atoms. The van der Waals surface area contributed by atoms with Gasteiger partial charge in [0, 0.05) is 12.5 Å². The molecule has 4 nitrogen and oxygen atoms in total. The van der Waals surface area contributed by atoms with Crippen LogP contribution in [0.25, 0.3) is 0 Å². The van der Waals surface area contributed by atoms with Gasteiger partial charge >= 0.3 is 29.9 Å². The quantitative estimate of drug-likeness (QED) is 0.324. The Labute approximate surface area is 142 Å². The molecule has 0 N–H and O–H groups in total. The molecule has 0 atom stereocenters. The number of carboxylic acids is 1. The minimum absolute atomic E-state index is 0.0917. The molecule has 0 aromatic rings. The van der Waals surface area contributed by atoms with Gasteiger partial charge in [-0.25, -0.2) is 13.6 Å². The van der Waals surface area contributed by atoms with E-state index in [1.807, 2.05) is 0 Å². The zero-order valence-corrected chi connectivity index (χ0v) is 12.6. The first kappa shape index (κ1) is 24.9. The Balaban J connectivity index is 5.10. The molecule has 0 aromatic heterocycles. The van der Waals surface area contributed by atoms with Crippen LogP contribution in [-0.2, 0) is 14.3 Å². The van der Waals surface area contributed by atoms with Gasteiger partial charge in [-0.1, -0.05) is 0 Å². The highest BCUT2D eigenvalue weighted by molar-refractivity contribution is 5.89. The van der Waals surface area contributed by atoms with Crippen molar-refractivity contribution in [2.75, 3.05) is 6.61 Å². The van der Waals surface area contributed by atoms with Crippen LogP contribution >= 0.6 is 0 Å². The fraction of sp³-hybridized carbons (Fsp3) is 0.667. The number of carboxylic acid groups (broad SMARTS) is 1. The zero-order chi connectivity index (χ0) is 21.9. The minimum atomic E-state index is -7.30. The molecule has 0 saturated heterocycles. The Morgan fingerprint density at radius 3 is 1.70 bits per heavy atom. The van der Waals surface area contributed by atoms with Crippen LogP contribution in [0.5, 0.6) is 0 Å². The maximum absolute atomic E-state index is 13.2. The SMILES string of the molecule is O=C([O-])/C=C\C(=O)OCCC(F)(F)CC(F)(F)C(F)(F)C(F)(F)C(F)(F)F. The number of esters is 1. The maximum Gasteiger partial charge on any atom is 0.460 e.